The maximum Gasteiger partial charge on any atom is 0.275 e. The number of halogens is 1. The SMILES string of the molecule is Cn1[nH]c2cc(=O)n(Cc3ccc(Cl)cc3)c(CN3CCCC3)c2c1=O. The minimum Gasteiger partial charge on any atom is -0.306 e. The summed E-state index contributed by atoms with van der Waals surface area (Å²) in [6, 6.07) is 8.97. The van der Waals surface area contributed by atoms with Crippen LogP contribution in [0.25, 0.3) is 10.9 Å². The molecule has 0 atom stereocenters. The van der Waals surface area contributed by atoms with Crippen molar-refractivity contribution < 1.29 is 0 Å². The Morgan fingerprint density at radius 2 is 1.77 bits per heavy atom. The first-order valence-corrected chi connectivity index (χ1v) is 9.19. The van der Waals surface area contributed by atoms with E-state index in [-0.39, 0.29) is 11.1 Å². The van der Waals surface area contributed by atoms with Crippen LogP contribution < -0.4 is 11.1 Å². The maximum atomic E-state index is 12.8. The molecule has 7 heteroatoms. The molecule has 6 nitrogen and oxygen atoms in total. The van der Waals surface area contributed by atoms with Crippen LogP contribution >= 0.6 is 11.6 Å². The zero-order valence-corrected chi connectivity index (χ0v) is 15.4. The summed E-state index contributed by atoms with van der Waals surface area (Å²) in [7, 11) is 1.68. The van der Waals surface area contributed by atoms with E-state index in [2.05, 4.69) is 10.00 Å². The van der Waals surface area contributed by atoms with E-state index in [9.17, 15) is 9.59 Å². The average Bonchev–Trinajstić information content (AvgIpc) is 3.21. The van der Waals surface area contributed by atoms with Gasteiger partial charge in [0.1, 0.15) is 0 Å². The second kappa shape index (κ2) is 6.78. The zero-order chi connectivity index (χ0) is 18.3. The maximum absolute atomic E-state index is 12.8. The Bertz CT molecular complexity index is 1060. The molecule has 1 aliphatic rings. The number of benzene rings is 1. The van der Waals surface area contributed by atoms with Crippen molar-refractivity contribution in [2.24, 2.45) is 7.05 Å². The van der Waals surface area contributed by atoms with E-state index in [1.54, 1.807) is 11.6 Å². The molecule has 1 aromatic carbocycles. The van der Waals surface area contributed by atoms with Crippen molar-refractivity contribution in [2.75, 3.05) is 13.1 Å². The number of aryl methyl sites for hydroxylation is 1. The summed E-state index contributed by atoms with van der Waals surface area (Å²) in [4.78, 5) is 27.8. The summed E-state index contributed by atoms with van der Waals surface area (Å²) in [5.41, 5.74) is 2.16. The number of hydrogen-bond acceptors (Lipinski definition) is 3. The van der Waals surface area contributed by atoms with Gasteiger partial charge in [0.05, 0.1) is 23.1 Å². The van der Waals surface area contributed by atoms with Crippen molar-refractivity contribution in [2.45, 2.75) is 25.9 Å². The van der Waals surface area contributed by atoms with Crippen LogP contribution in [-0.4, -0.2) is 32.3 Å². The molecule has 1 saturated heterocycles. The predicted molar refractivity (Wildman–Crippen MR) is 103 cm³/mol. The lowest BCUT2D eigenvalue weighted by Gasteiger charge is -2.19. The standard InChI is InChI=1S/C19H21ClN4O2/c1-22-19(26)18-15(21-22)10-17(25)24(11-13-4-6-14(20)7-5-13)16(18)12-23-8-2-3-9-23/h4-7,10,21H,2-3,8-9,11-12H2,1H3. The highest BCUT2D eigenvalue weighted by atomic mass is 35.5. The van der Waals surface area contributed by atoms with E-state index in [0.717, 1.165) is 37.2 Å². The summed E-state index contributed by atoms with van der Waals surface area (Å²) < 4.78 is 3.16. The van der Waals surface area contributed by atoms with Gasteiger partial charge in [-0.05, 0) is 43.6 Å². The van der Waals surface area contributed by atoms with E-state index in [4.69, 9.17) is 11.6 Å². The van der Waals surface area contributed by atoms with E-state index in [1.165, 1.54) is 10.7 Å². The molecule has 1 fully saturated rings. The number of hydrogen-bond donors (Lipinski definition) is 1. The third-order valence-corrected chi connectivity index (χ3v) is 5.30. The smallest absolute Gasteiger partial charge is 0.275 e. The minimum atomic E-state index is -0.108. The molecule has 0 amide bonds. The quantitative estimate of drug-likeness (QED) is 0.764. The molecule has 0 spiro atoms. The Hall–Kier alpha value is -2.31. The molecular weight excluding hydrogens is 352 g/mol. The molecule has 1 N–H and O–H groups in total. The molecule has 3 aromatic rings. The number of likely N-dealkylation sites (tertiary alicyclic amines) is 1. The summed E-state index contributed by atoms with van der Waals surface area (Å²) >= 11 is 5.97. The van der Waals surface area contributed by atoms with Gasteiger partial charge in [0.15, 0.2) is 0 Å². The highest BCUT2D eigenvalue weighted by Gasteiger charge is 2.20. The van der Waals surface area contributed by atoms with E-state index in [1.807, 2.05) is 24.3 Å². The van der Waals surface area contributed by atoms with Crippen LogP contribution in [0.4, 0.5) is 0 Å². The lowest BCUT2D eigenvalue weighted by atomic mass is 10.1. The molecule has 26 heavy (non-hydrogen) atoms. The fraction of sp³-hybridized carbons (Fsp3) is 0.368. The fourth-order valence-electron chi connectivity index (χ4n) is 3.69. The Morgan fingerprint density at radius 3 is 2.46 bits per heavy atom. The first-order valence-electron chi connectivity index (χ1n) is 8.81. The Kier molecular flexibility index (Phi) is 4.46. The van der Waals surface area contributed by atoms with Crippen LogP contribution in [-0.2, 0) is 20.1 Å². The second-order valence-corrected chi connectivity index (χ2v) is 7.33. The van der Waals surface area contributed by atoms with Gasteiger partial charge in [0.2, 0.25) is 0 Å². The molecule has 3 heterocycles. The first-order chi connectivity index (χ1) is 12.5. The van der Waals surface area contributed by atoms with E-state index >= 15 is 0 Å². The molecule has 136 valence electrons. The second-order valence-electron chi connectivity index (χ2n) is 6.89. The minimum absolute atomic E-state index is 0.0981. The van der Waals surface area contributed by atoms with E-state index < -0.39 is 0 Å². The summed E-state index contributed by atoms with van der Waals surface area (Å²) in [6.07, 6.45) is 2.31. The number of aromatic amines is 1. The number of pyridine rings is 1. The van der Waals surface area contributed by atoms with Gasteiger partial charge >= 0.3 is 0 Å². The number of nitrogens with zero attached hydrogens (tertiary/aromatic N) is 3. The van der Waals surface area contributed by atoms with Crippen molar-refractivity contribution in [3.05, 3.63) is 67.3 Å². The van der Waals surface area contributed by atoms with Gasteiger partial charge in [-0.3, -0.25) is 24.3 Å². The number of aromatic nitrogens is 3. The normalized spacial score (nSPS) is 15.2. The molecule has 0 unspecified atom stereocenters. The molecule has 0 saturated carbocycles. The van der Waals surface area contributed by atoms with Crippen LogP contribution in [0.15, 0.2) is 39.9 Å². The van der Waals surface area contributed by atoms with Crippen molar-refractivity contribution >= 4 is 22.5 Å². The van der Waals surface area contributed by atoms with Crippen LogP contribution in [0.5, 0.6) is 0 Å². The Labute approximate surface area is 155 Å². The monoisotopic (exact) mass is 372 g/mol. The Balaban J connectivity index is 1.87. The zero-order valence-electron chi connectivity index (χ0n) is 14.7. The van der Waals surface area contributed by atoms with Crippen molar-refractivity contribution in [1.82, 2.24) is 19.2 Å². The summed E-state index contributed by atoms with van der Waals surface area (Å²) in [5, 5.41) is 4.25. The average molecular weight is 373 g/mol. The topological polar surface area (TPSA) is 63.0 Å². The van der Waals surface area contributed by atoms with Gasteiger partial charge in [-0.1, -0.05) is 23.7 Å². The van der Waals surface area contributed by atoms with Crippen molar-refractivity contribution in [3.63, 3.8) is 0 Å². The molecular formula is C19H21ClN4O2. The Morgan fingerprint density at radius 1 is 1.08 bits per heavy atom. The molecule has 4 rings (SSSR count). The van der Waals surface area contributed by atoms with Crippen LogP contribution in [0.2, 0.25) is 5.02 Å². The molecule has 2 aromatic heterocycles. The fourth-order valence-corrected chi connectivity index (χ4v) is 3.81. The summed E-state index contributed by atoms with van der Waals surface area (Å²) in [5.74, 6) is 0. The number of nitrogens with one attached hydrogen (secondary N) is 1. The lowest BCUT2D eigenvalue weighted by molar-refractivity contribution is 0.322. The van der Waals surface area contributed by atoms with E-state index in [0.29, 0.717) is 29.0 Å². The molecule has 0 radical (unpaired) electrons. The summed E-state index contributed by atoms with van der Waals surface area (Å²) in [6.45, 7) is 3.02. The van der Waals surface area contributed by atoms with Crippen LogP contribution in [0, 0.1) is 0 Å². The third kappa shape index (κ3) is 3.10. The van der Waals surface area contributed by atoms with Crippen LogP contribution in [0.1, 0.15) is 24.1 Å². The van der Waals surface area contributed by atoms with Crippen molar-refractivity contribution in [1.29, 1.82) is 0 Å². The number of fused-ring (bicyclic) bond motifs is 1. The first kappa shape index (κ1) is 17.1. The lowest BCUT2D eigenvalue weighted by Crippen LogP contribution is -2.30. The number of H-pyrrole nitrogens is 1. The van der Waals surface area contributed by atoms with Gasteiger partial charge in [-0.25, -0.2) is 0 Å². The van der Waals surface area contributed by atoms with Gasteiger partial charge in [0, 0.05) is 24.7 Å². The molecule has 1 aliphatic heterocycles. The van der Waals surface area contributed by atoms with Gasteiger partial charge in [-0.2, -0.15) is 0 Å². The molecule has 0 aliphatic carbocycles. The largest absolute Gasteiger partial charge is 0.306 e. The highest BCUT2D eigenvalue weighted by molar-refractivity contribution is 6.30. The molecule has 0 bridgehead atoms. The van der Waals surface area contributed by atoms with Gasteiger partial charge in [-0.15, -0.1) is 0 Å². The van der Waals surface area contributed by atoms with Crippen LogP contribution in [0.3, 0.4) is 0 Å². The van der Waals surface area contributed by atoms with Gasteiger partial charge in [0.25, 0.3) is 11.1 Å². The van der Waals surface area contributed by atoms with Gasteiger partial charge < -0.3 is 4.57 Å². The number of rotatable bonds is 4. The highest BCUT2D eigenvalue weighted by Crippen LogP contribution is 2.19. The third-order valence-electron chi connectivity index (χ3n) is 5.05. The van der Waals surface area contributed by atoms with Crippen molar-refractivity contribution in [3.8, 4) is 0 Å². The predicted octanol–water partition coefficient (Wildman–Crippen LogP) is 2.33.